The van der Waals surface area contributed by atoms with Crippen LogP contribution in [-0.2, 0) is 6.42 Å². The van der Waals surface area contributed by atoms with Gasteiger partial charge < -0.3 is 20.1 Å². The fraction of sp³-hybridized carbons (Fsp3) is 0.486. The molecule has 0 spiro atoms. The summed E-state index contributed by atoms with van der Waals surface area (Å²) in [6, 6.07) is 15.6. The first-order valence-electron chi connectivity index (χ1n) is 16.0. The van der Waals surface area contributed by atoms with Gasteiger partial charge in [-0.25, -0.2) is 4.39 Å². The van der Waals surface area contributed by atoms with E-state index in [0.29, 0.717) is 37.7 Å². The average molecular weight is 582 g/mol. The van der Waals surface area contributed by atoms with E-state index in [1.807, 2.05) is 12.1 Å². The Labute approximate surface area is 252 Å². The van der Waals surface area contributed by atoms with Crippen LogP contribution in [0.5, 0.6) is 11.8 Å². The predicted molar refractivity (Wildman–Crippen MR) is 169 cm³/mol. The van der Waals surface area contributed by atoms with Crippen LogP contribution in [0.4, 0.5) is 10.2 Å². The van der Waals surface area contributed by atoms with E-state index in [4.69, 9.17) is 14.7 Å². The minimum Gasteiger partial charge on any atom is -0.508 e. The van der Waals surface area contributed by atoms with Gasteiger partial charge in [-0.15, -0.1) is 0 Å². The highest BCUT2D eigenvalue weighted by Crippen LogP contribution is 2.42. The van der Waals surface area contributed by atoms with Crippen molar-refractivity contribution >= 4 is 27.5 Å². The summed E-state index contributed by atoms with van der Waals surface area (Å²) in [5, 5.41) is 17.7. The number of aromatic nitrogens is 2. The number of rotatable bonds is 6. The number of aryl methyl sites for hydroxylation is 2. The minimum atomic E-state index is -0.803. The Balaban J connectivity index is 1.26. The molecule has 4 aliphatic rings. The number of anilines is 1. The van der Waals surface area contributed by atoms with Crippen molar-refractivity contribution in [1.82, 2.24) is 20.2 Å². The highest BCUT2D eigenvalue weighted by atomic mass is 19.1. The molecule has 8 heteroatoms. The quantitative estimate of drug-likeness (QED) is 0.293. The van der Waals surface area contributed by atoms with Crippen molar-refractivity contribution in [2.24, 2.45) is 0 Å². The molecule has 7 nitrogen and oxygen atoms in total. The van der Waals surface area contributed by atoms with Crippen molar-refractivity contribution in [2.75, 3.05) is 37.7 Å². The smallest absolute Gasteiger partial charge is 0.319 e. The molecule has 4 aliphatic heterocycles. The Morgan fingerprint density at radius 1 is 1.07 bits per heavy atom. The first-order valence-corrected chi connectivity index (χ1v) is 16.0. The molecule has 4 atom stereocenters. The molecule has 224 valence electrons. The van der Waals surface area contributed by atoms with Crippen molar-refractivity contribution in [3.05, 3.63) is 53.6 Å². The molecule has 4 saturated heterocycles. The van der Waals surface area contributed by atoms with Crippen LogP contribution < -0.4 is 15.0 Å². The average Bonchev–Trinajstić information content (AvgIpc) is 3.65. The third-order valence-corrected chi connectivity index (χ3v) is 10.5. The molecular weight excluding hydrogens is 541 g/mol. The van der Waals surface area contributed by atoms with Crippen LogP contribution in [0.1, 0.15) is 50.2 Å². The molecule has 2 unspecified atom stereocenters. The Morgan fingerprint density at radius 3 is 2.72 bits per heavy atom. The number of phenolic OH excluding ortho intramolecular Hbond substituents is 1. The number of alkyl halides is 1. The van der Waals surface area contributed by atoms with Crippen molar-refractivity contribution in [2.45, 2.75) is 76.2 Å². The summed E-state index contributed by atoms with van der Waals surface area (Å²) in [6.07, 6.45) is 5.00. The molecule has 5 heterocycles. The number of ether oxygens (including phenoxy) is 1. The van der Waals surface area contributed by atoms with Gasteiger partial charge in [-0.05, 0) is 96.8 Å². The normalized spacial score (nSPS) is 27.0. The number of phenols is 1. The standard InChI is InChI=1S/C35H40FN5O2/c1-3-22-6-4-7-23-14-27(42)15-30(31(22)23)28-10-11-29-32(21(28)2)38-34(39-33(29)40-18-25-8-9-26(19-40)37-25)43-20-35-12-5-13-41(35)17-24(36)16-35/h4,6-7,10-11,14-15,24-26,37,42H,3,5,8-9,12-13,16-20H2,1-2H3/t24-,25?,26?,35+/m1/s1. The molecule has 3 aromatic carbocycles. The summed E-state index contributed by atoms with van der Waals surface area (Å²) in [5.74, 6) is 1.17. The van der Waals surface area contributed by atoms with E-state index < -0.39 is 6.17 Å². The van der Waals surface area contributed by atoms with E-state index in [-0.39, 0.29) is 11.3 Å². The van der Waals surface area contributed by atoms with Gasteiger partial charge in [0, 0.05) is 43.5 Å². The van der Waals surface area contributed by atoms with Crippen LogP contribution in [0.2, 0.25) is 0 Å². The SMILES string of the molecule is CCc1cccc2cc(O)cc(-c3ccc4c(N5CC6CCC(C5)N6)nc(OC[C@@]56CCCN5C[C@H](F)C6)nc4c3C)c12. The summed E-state index contributed by atoms with van der Waals surface area (Å²) in [5.41, 5.74) is 4.94. The highest BCUT2D eigenvalue weighted by molar-refractivity contribution is 6.04. The van der Waals surface area contributed by atoms with E-state index >= 15 is 0 Å². The van der Waals surface area contributed by atoms with Gasteiger partial charge in [-0.1, -0.05) is 31.2 Å². The van der Waals surface area contributed by atoms with Gasteiger partial charge in [0.05, 0.1) is 11.1 Å². The molecule has 43 heavy (non-hydrogen) atoms. The molecule has 0 radical (unpaired) electrons. The first-order chi connectivity index (χ1) is 20.9. The molecule has 2 N–H and O–H groups in total. The van der Waals surface area contributed by atoms with Gasteiger partial charge in [-0.3, -0.25) is 4.90 Å². The summed E-state index contributed by atoms with van der Waals surface area (Å²) < 4.78 is 21.0. The van der Waals surface area contributed by atoms with Gasteiger partial charge in [0.1, 0.15) is 24.3 Å². The number of fused-ring (bicyclic) bond motifs is 5. The Hall–Kier alpha value is -3.49. The Kier molecular flexibility index (Phi) is 6.49. The Morgan fingerprint density at radius 2 is 1.91 bits per heavy atom. The molecular formula is C35H40FN5O2. The lowest BCUT2D eigenvalue weighted by atomic mass is 9.90. The van der Waals surface area contributed by atoms with Crippen molar-refractivity contribution in [3.8, 4) is 22.9 Å². The van der Waals surface area contributed by atoms with Crippen LogP contribution in [0.15, 0.2) is 42.5 Å². The Bertz CT molecular complexity index is 1720. The fourth-order valence-corrected chi connectivity index (χ4v) is 8.51. The number of hydrogen-bond acceptors (Lipinski definition) is 7. The van der Waals surface area contributed by atoms with E-state index in [0.717, 1.165) is 83.1 Å². The van der Waals surface area contributed by atoms with Crippen molar-refractivity contribution in [3.63, 3.8) is 0 Å². The van der Waals surface area contributed by atoms with Crippen LogP contribution >= 0.6 is 0 Å². The topological polar surface area (TPSA) is 73.8 Å². The molecule has 4 fully saturated rings. The second kappa shape index (κ2) is 10.3. The van der Waals surface area contributed by atoms with E-state index in [9.17, 15) is 9.50 Å². The maximum Gasteiger partial charge on any atom is 0.319 e. The van der Waals surface area contributed by atoms with Crippen LogP contribution in [0, 0.1) is 6.92 Å². The molecule has 4 aromatic rings. The minimum absolute atomic E-state index is 0.252. The summed E-state index contributed by atoms with van der Waals surface area (Å²) >= 11 is 0. The highest BCUT2D eigenvalue weighted by Gasteiger charge is 2.49. The molecule has 0 aliphatic carbocycles. The van der Waals surface area contributed by atoms with Crippen LogP contribution in [0.25, 0.3) is 32.8 Å². The van der Waals surface area contributed by atoms with Gasteiger partial charge in [0.2, 0.25) is 0 Å². The lowest BCUT2D eigenvalue weighted by Gasteiger charge is -2.35. The maximum absolute atomic E-state index is 14.5. The predicted octanol–water partition coefficient (Wildman–Crippen LogP) is 5.92. The van der Waals surface area contributed by atoms with Crippen LogP contribution in [-0.4, -0.2) is 76.6 Å². The zero-order valence-electron chi connectivity index (χ0n) is 25.1. The lowest BCUT2D eigenvalue weighted by molar-refractivity contribution is 0.107. The first kappa shape index (κ1) is 27.1. The van der Waals surface area contributed by atoms with Gasteiger partial charge in [0.25, 0.3) is 0 Å². The number of nitrogens with one attached hydrogen (secondary N) is 1. The molecule has 0 saturated carbocycles. The maximum atomic E-state index is 14.5. The van der Waals surface area contributed by atoms with Crippen molar-refractivity contribution < 1.29 is 14.2 Å². The second-order valence-corrected chi connectivity index (χ2v) is 13.2. The van der Waals surface area contributed by atoms with Gasteiger partial charge in [0.15, 0.2) is 0 Å². The largest absolute Gasteiger partial charge is 0.508 e. The summed E-state index contributed by atoms with van der Waals surface area (Å²) in [6.45, 7) is 7.92. The van der Waals surface area contributed by atoms with Gasteiger partial charge >= 0.3 is 6.01 Å². The number of benzene rings is 3. The fourth-order valence-electron chi connectivity index (χ4n) is 8.51. The van der Waals surface area contributed by atoms with Crippen LogP contribution in [0.3, 0.4) is 0 Å². The summed E-state index contributed by atoms with van der Waals surface area (Å²) in [7, 11) is 0. The zero-order valence-corrected chi connectivity index (χ0v) is 25.1. The van der Waals surface area contributed by atoms with Gasteiger partial charge in [-0.2, -0.15) is 9.97 Å². The third-order valence-electron chi connectivity index (χ3n) is 10.5. The van der Waals surface area contributed by atoms with Crippen molar-refractivity contribution in [1.29, 1.82) is 0 Å². The molecule has 8 rings (SSSR count). The summed E-state index contributed by atoms with van der Waals surface area (Å²) in [4.78, 5) is 14.8. The molecule has 0 amide bonds. The number of aromatic hydroxyl groups is 1. The third kappa shape index (κ3) is 4.52. The lowest BCUT2D eigenvalue weighted by Crippen LogP contribution is -2.51. The van der Waals surface area contributed by atoms with E-state index in [1.165, 1.54) is 18.4 Å². The zero-order chi connectivity index (χ0) is 29.3. The van der Waals surface area contributed by atoms with E-state index in [1.54, 1.807) is 0 Å². The number of nitrogens with zero attached hydrogens (tertiary/aromatic N) is 4. The second-order valence-electron chi connectivity index (χ2n) is 13.2. The number of hydrogen-bond donors (Lipinski definition) is 2. The number of piperazine rings is 1. The van der Waals surface area contributed by atoms with E-state index in [2.05, 4.69) is 59.3 Å². The number of halogens is 1. The monoisotopic (exact) mass is 581 g/mol. The molecule has 2 bridgehead atoms. The molecule has 1 aromatic heterocycles.